The number of ether oxygens (including phenoxy) is 3. The van der Waals surface area contributed by atoms with Gasteiger partial charge in [0.05, 0.1) is 47.5 Å². The van der Waals surface area contributed by atoms with Crippen LogP contribution >= 0.6 is 0 Å². The number of benzene rings is 1. The van der Waals surface area contributed by atoms with Gasteiger partial charge in [0.2, 0.25) is 11.7 Å². The Morgan fingerprint density at radius 1 is 1.05 bits per heavy atom. The van der Waals surface area contributed by atoms with Gasteiger partial charge >= 0.3 is 0 Å². The summed E-state index contributed by atoms with van der Waals surface area (Å²) in [5.74, 6) is 2.06. The van der Waals surface area contributed by atoms with E-state index in [4.69, 9.17) is 14.2 Å². The Hall–Kier alpha value is -1.66. The average molecular weight is 331 g/mol. The normalized spacial score (nSPS) is 15.0. The Bertz CT molecular complexity index is 491. The molecule has 1 aromatic rings. The third-order valence-corrected chi connectivity index (χ3v) is 3.89. The highest BCUT2D eigenvalue weighted by Gasteiger charge is 2.25. The van der Waals surface area contributed by atoms with Gasteiger partial charge in [-0.2, -0.15) is 0 Å². The molecule has 0 radical (unpaired) electrons. The molecule has 0 aliphatic carbocycles. The summed E-state index contributed by atoms with van der Waals surface area (Å²) < 4.78 is 16.1. The molecule has 1 fully saturated rings. The lowest BCUT2D eigenvalue weighted by Gasteiger charge is -2.31. The van der Waals surface area contributed by atoms with Crippen molar-refractivity contribution in [1.82, 2.24) is 4.90 Å². The number of carbonyl (C=O) groups is 1. The molecule has 1 aliphatic rings. The Morgan fingerprint density at radius 2 is 1.55 bits per heavy atom. The number of piperazine rings is 1. The molecule has 1 aliphatic heterocycles. The molecule has 1 amide bonds. The van der Waals surface area contributed by atoms with Gasteiger partial charge in [-0.3, -0.25) is 9.69 Å². The summed E-state index contributed by atoms with van der Waals surface area (Å²) in [7, 11) is 4.83. The minimum absolute atomic E-state index is 0. The second kappa shape index (κ2) is 8.10. The van der Waals surface area contributed by atoms with Gasteiger partial charge in [-0.1, -0.05) is 0 Å². The minimum Gasteiger partial charge on any atom is -1.00 e. The fourth-order valence-corrected chi connectivity index (χ4v) is 2.67. The van der Waals surface area contributed by atoms with Crippen LogP contribution < -0.4 is 31.5 Å². The van der Waals surface area contributed by atoms with Crippen molar-refractivity contribution in [2.75, 3.05) is 47.5 Å². The van der Waals surface area contributed by atoms with Crippen LogP contribution in [0.2, 0.25) is 0 Å². The topological polar surface area (TPSA) is 52.4 Å². The van der Waals surface area contributed by atoms with Gasteiger partial charge in [0.25, 0.3) is 0 Å². The summed E-state index contributed by atoms with van der Waals surface area (Å²) in [6, 6.07) is 3.94. The fraction of sp³-hybridized carbons (Fsp3) is 0.533. The summed E-state index contributed by atoms with van der Waals surface area (Å²) in [6.45, 7) is 4.89. The van der Waals surface area contributed by atoms with Crippen LogP contribution in [0.25, 0.3) is 0 Å². The van der Waals surface area contributed by atoms with Crippen LogP contribution in [-0.4, -0.2) is 58.3 Å². The molecule has 1 aromatic carbocycles. The average Bonchev–Trinajstić information content (AvgIpc) is 2.53. The summed E-state index contributed by atoms with van der Waals surface area (Å²) >= 11 is 0. The van der Waals surface area contributed by atoms with Gasteiger partial charge < -0.3 is 31.5 Å². The van der Waals surface area contributed by atoms with E-state index in [1.807, 2.05) is 17.0 Å². The molecule has 1 saturated heterocycles. The van der Waals surface area contributed by atoms with Crippen LogP contribution in [0.5, 0.6) is 17.2 Å². The fourth-order valence-electron chi connectivity index (χ4n) is 2.67. The molecular formula is C15H23ClN2O4. The molecule has 124 valence electrons. The molecule has 2 rings (SSSR count). The molecule has 0 atom stereocenters. The molecule has 0 bridgehead atoms. The minimum atomic E-state index is 0. The largest absolute Gasteiger partial charge is 1.00 e. The number of methoxy groups -OCH3 is 3. The molecular weight excluding hydrogens is 308 g/mol. The molecule has 7 heteroatoms. The number of quaternary nitrogens is 1. The Balaban J connectivity index is 0.00000242. The van der Waals surface area contributed by atoms with E-state index in [0.29, 0.717) is 17.2 Å². The van der Waals surface area contributed by atoms with E-state index >= 15 is 0 Å². The molecule has 1 N–H and O–H groups in total. The number of hydrogen-bond acceptors (Lipinski definition) is 4. The van der Waals surface area contributed by atoms with E-state index in [1.54, 1.807) is 28.3 Å². The van der Waals surface area contributed by atoms with E-state index in [1.165, 1.54) is 4.90 Å². The molecule has 0 spiro atoms. The molecule has 6 nitrogen and oxygen atoms in total. The second-order valence-corrected chi connectivity index (χ2v) is 5.02. The van der Waals surface area contributed by atoms with Gasteiger partial charge in [0.15, 0.2) is 11.5 Å². The Labute approximate surface area is 137 Å². The molecule has 0 saturated carbocycles. The predicted octanol–water partition coefficient (Wildman–Crippen LogP) is -2.91. The van der Waals surface area contributed by atoms with E-state index in [-0.39, 0.29) is 18.3 Å². The third-order valence-electron chi connectivity index (χ3n) is 3.89. The number of nitrogens with one attached hydrogen (secondary N) is 1. The summed E-state index contributed by atoms with van der Waals surface area (Å²) in [6.07, 6.45) is 0. The number of carbonyl (C=O) groups excluding carboxylic acids is 1. The van der Waals surface area contributed by atoms with Crippen molar-refractivity contribution in [2.24, 2.45) is 0 Å². The number of rotatable bonds is 4. The zero-order valence-electron chi connectivity index (χ0n) is 13.4. The number of halogens is 1. The first kappa shape index (κ1) is 18.4. The highest BCUT2D eigenvalue weighted by atomic mass is 35.5. The standard InChI is InChI=1S/C15H22N2O4.ClH/c1-11(18)16-5-7-17(8-6-16)12-9-13(19-2)15(21-4)14(10-12)20-3;/h9-10H,5-8H2,1-4H3;1H. The lowest BCUT2D eigenvalue weighted by atomic mass is 10.2. The lowest BCUT2D eigenvalue weighted by Crippen LogP contribution is -3.10. The summed E-state index contributed by atoms with van der Waals surface area (Å²) in [5.41, 5.74) is 1.09. The Morgan fingerprint density at radius 3 is 1.91 bits per heavy atom. The van der Waals surface area contributed by atoms with E-state index in [0.717, 1.165) is 31.9 Å². The maximum atomic E-state index is 11.4. The van der Waals surface area contributed by atoms with Gasteiger partial charge in [-0.25, -0.2) is 0 Å². The molecule has 22 heavy (non-hydrogen) atoms. The first-order valence-corrected chi connectivity index (χ1v) is 7.01. The van der Waals surface area contributed by atoms with Gasteiger partial charge in [0, 0.05) is 19.1 Å². The Kier molecular flexibility index (Phi) is 6.77. The summed E-state index contributed by atoms with van der Waals surface area (Å²) in [5, 5.41) is 0. The second-order valence-electron chi connectivity index (χ2n) is 5.02. The quantitative estimate of drug-likeness (QED) is 0.643. The van der Waals surface area contributed by atoms with Gasteiger partial charge in [-0.05, 0) is 0 Å². The molecule has 0 unspecified atom stereocenters. The highest BCUT2D eigenvalue weighted by molar-refractivity contribution is 5.73. The van der Waals surface area contributed by atoms with E-state index < -0.39 is 0 Å². The van der Waals surface area contributed by atoms with Crippen molar-refractivity contribution < 1.29 is 36.3 Å². The van der Waals surface area contributed by atoms with Crippen LogP contribution in [0.3, 0.4) is 0 Å². The molecule has 1 heterocycles. The predicted molar refractivity (Wildman–Crippen MR) is 78.7 cm³/mol. The van der Waals surface area contributed by atoms with Gasteiger partial charge in [0.1, 0.15) is 5.69 Å². The van der Waals surface area contributed by atoms with Crippen LogP contribution in [-0.2, 0) is 4.79 Å². The molecule has 0 aromatic heterocycles. The smallest absolute Gasteiger partial charge is 0.219 e. The van der Waals surface area contributed by atoms with Crippen molar-refractivity contribution in [3.05, 3.63) is 12.1 Å². The first-order chi connectivity index (χ1) is 10.1. The summed E-state index contributed by atoms with van der Waals surface area (Å²) in [4.78, 5) is 14.6. The number of hydrogen-bond donors (Lipinski definition) is 1. The first-order valence-electron chi connectivity index (χ1n) is 7.01. The monoisotopic (exact) mass is 330 g/mol. The SMILES string of the molecule is COc1cc([NH+]2CCN(C(C)=O)CC2)cc(OC)c1OC.[Cl-]. The van der Waals surface area contributed by atoms with Crippen LogP contribution in [0, 0.1) is 0 Å². The maximum Gasteiger partial charge on any atom is 0.219 e. The van der Waals surface area contributed by atoms with E-state index in [2.05, 4.69) is 0 Å². The van der Waals surface area contributed by atoms with E-state index in [9.17, 15) is 4.79 Å². The third kappa shape index (κ3) is 3.75. The van der Waals surface area contributed by atoms with Crippen molar-refractivity contribution in [1.29, 1.82) is 0 Å². The van der Waals surface area contributed by atoms with Gasteiger partial charge in [-0.15, -0.1) is 0 Å². The zero-order chi connectivity index (χ0) is 15.4. The lowest BCUT2D eigenvalue weighted by molar-refractivity contribution is -0.837. The maximum absolute atomic E-state index is 11.4. The van der Waals surface area contributed by atoms with Crippen LogP contribution in [0.1, 0.15) is 6.92 Å². The van der Waals surface area contributed by atoms with Crippen molar-refractivity contribution in [3.8, 4) is 17.2 Å². The van der Waals surface area contributed by atoms with Crippen LogP contribution in [0.15, 0.2) is 12.1 Å². The highest BCUT2D eigenvalue weighted by Crippen LogP contribution is 2.38. The number of amides is 1. The van der Waals surface area contributed by atoms with Crippen molar-refractivity contribution in [2.45, 2.75) is 6.92 Å². The van der Waals surface area contributed by atoms with Crippen molar-refractivity contribution in [3.63, 3.8) is 0 Å². The number of nitrogens with zero attached hydrogens (tertiary/aromatic N) is 1. The van der Waals surface area contributed by atoms with Crippen LogP contribution in [0.4, 0.5) is 5.69 Å². The van der Waals surface area contributed by atoms with Crippen molar-refractivity contribution >= 4 is 11.6 Å². The zero-order valence-corrected chi connectivity index (χ0v) is 14.2.